The fraction of sp³-hybridized carbons (Fsp3) is 0.160. The minimum absolute atomic E-state index is 0.0242. The molecule has 0 aliphatic rings. The van der Waals surface area contributed by atoms with Crippen LogP contribution >= 0.6 is 0 Å². The monoisotopic (exact) mass is 540 g/mol. The number of aromatic amines is 1. The van der Waals surface area contributed by atoms with Crippen LogP contribution in [0, 0.1) is 0 Å². The molecule has 4 rings (SSSR count). The van der Waals surface area contributed by atoms with Gasteiger partial charge in [-0.15, -0.1) is 0 Å². The number of ether oxygens (including phenoxy) is 4. The second kappa shape index (κ2) is 11.6. The number of aromatic nitrogens is 3. The van der Waals surface area contributed by atoms with E-state index in [0.29, 0.717) is 11.5 Å². The van der Waals surface area contributed by atoms with Crippen molar-refractivity contribution in [3.63, 3.8) is 0 Å². The van der Waals surface area contributed by atoms with Gasteiger partial charge in [0.05, 0.1) is 25.7 Å². The normalized spacial score (nSPS) is 11.0. The zero-order valence-corrected chi connectivity index (χ0v) is 21.2. The molecule has 3 N–H and O–H groups in total. The first-order chi connectivity index (χ1) is 18.3. The Morgan fingerprint density at radius 1 is 0.974 bits per heavy atom. The Morgan fingerprint density at radius 2 is 1.71 bits per heavy atom. The molecule has 0 fully saturated rings. The van der Waals surface area contributed by atoms with Gasteiger partial charge in [-0.05, 0) is 42.5 Å². The van der Waals surface area contributed by atoms with Crippen LogP contribution in [0.4, 0.5) is 5.82 Å². The van der Waals surface area contributed by atoms with Gasteiger partial charge in [-0.1, -0.05) is 12.1 Å². The summed E-state index contributed by atoms with van der Waals surface area (Å²) >= 11 is 0. The summed E-state index contributed by atoms with van der Waals surface area (Å²) < 4.78 is 51.2. The van der Waals surface area contributed by atoms with Gasteiger partial charge >= 0.3 is 0 Å². The number of benzene rings is 2. The van der Waals surface area contributed by atoms with Crippen LogP contribution in [0.25, 0.3) is 11.4 Å². The summed E-state index contributed by atoms with van der Waals surface area (Å²) in [5, 5.41) is 9.36. The molecule has 38 heavy (non-hydrogen) atoms. The van der Waals surface area contributed by atoms with E-state index in [4.69, 9.17) is 18.9 Å². The number of methoxy groups -OCH3 is 2. The number of nitrogens with one attached hydrogen (secondary N) is 2. The molecule has 2 aromatic carbocycles. The van der Waals surface area contributed by atoms with Crippen molar-refractivity contribution in [2.75, 3.05) is 32.2 Å². The maximum Gasteiger partial charge on any atom is 0.263 e. The predicted octanol–water partition coefficient (Wildman–Crippen LogP) is 2.81. The molecule has 13 heteroatoms. The van der Waals surface area contributed by atoms with Gasteiger partial charge in [-0.2, -0.15) is 4.98 Å². The molecule has 198 valence electrons. The Labute approximate surface area is 217 Å². The van der Waals surface area contributed by atoms with Crippen LogP contribution in [0.1, 0.15) is 0 Å². The lowest BCUT2D eigenvalue weighted by molar-refractivity contribution is 0.192. The fourth-order valence-corrected chi connectivity index (χ4v) is 4.30. The number of H-pyrrole nitrogens is 1. The summed E-state index contributed by atoms with van der Waals surface area (Å²) in [5.41, 5.74) is -0.130. The van der Waals surface area contributed by atoms with Gasteiger partial charge in [0.15, 0.2) is 23.1 Å². The first-order valence-electron chi connectivity index (χ1n) is 11.2. The number of aliphatic hydroxyl groups is 1. The third-order valence-electron chi connectivity index (χ3n) is 5.08. The number of anilines is 1. The van der Waals surface area contributed by atoms with E-state index in [9.17, 15) is 18.3 Å². The first-order valence-corrected chi connectivity index (χ1v) is 12.7. The van der Waals surface area contributed by atoms with Gasteiger partial charge in [0.2, 0.25) is 11.3 Å². The van der Waals surface area contributed by atoms with Crippen molar-refractivity contribution < 1.29 is 32.5 Å². The van der Waals surface area contributed by atoms with Crippen molar-refractivity contribution >= 4 is 15.8 Å². The molecule has 0 aliphatic carbocycles. The number of para-hydroxylation sites is 2. The van der Waals surface area contributed by atoms with Gasteiger partial charge in [-0.3, -0.25) is 9.52 Å². The highest BCUT2D eigenvalue weighted by Gasteiger charge is 2.25. The lowest BCUT2D eigenvalue weighted by Gasteiger charge is -2.18. The zero-order chi connectivity index (χ0) is 27.1. The number of hydrogen-bond acceptors (Lipinski definition) is 10. The molecule has 0 aliphatic heterocycles. The number of sulfonamides is 1. The molecule has 0 saturated carbocycles. The van der Waals surface area contributed by atoms with Crippen molar-refractivity contribution in [1.29, 1.82) is 0 Å². The molecule has 0 atom stereocenters. The third kappa shape index (κ3) is 6.02. The molecular weight excluding hydrogens is 516 g/mol. The Morgan fingerprint density at radius 3 is 2.37 bits per heavy atom. The van der Waals surface area contributed by atoms with E-state index < -0.39 is 15.6 Å². The Kier molecular flexibility index (Phi) is 8.09. The van der Waals surface area contributed by atoms with E-state index in [2.05, 4.69) is 19.7 Å². The van der Waals surface area contributed by atoms with Crippen LogP contribution in [0.5, 0.6) is 28.9 Å². The third-order valence-corrected chi connectivity index (χ3v) is 6.43. The summed E-state index contributed by atoms with van der Waals surface area (Å²) in [6.45, 7) is -0.538. The van der Waals surface area contributed by atoms with Crippen LogP contribution in [0.15, 0.2) is 76.6 Å². The number of hydrogen-bond donors (Lipinski definition) is 3. The molecule has 0 spiro atoms. The summed E-state index contributed by atoms with van der Waals surface area (Å²) in [5.74, 6) is 0.386. The lowest BCUT2D eigenvalue weighted by Crippen LogP contribution is -2.16. The average Bonchev–Trinajstić information content (AvgIpc) is 2.93. The second-order valence-corrected chi connectivity index (χ2v) is 9.26. The minimum atomic E-state index is -4.19. The number of pyridine rings is 1. The maximum absolute atomic E-state index is 13.3. The second-order valence-electron chi connectivity index (χ2n) is 7.58. The van der Waals surface area contributed by atoms with E-state index in [1.165, 1.54) is 56.8 Å². The van der Waals surface area contributed by atoms with Crippen LogP contribution in [-0.4, -0.2) is 55.9 Å². The van der Waals surface area contributed by atoms with E-state index in [-0.39, 0.29) is 52.7 Å². The summed E-state index contributed by atoms with van der Waals surface area (Å²) in [6, 6.07) is 15.2. The van der Waals surface area contributed by atoms with Crippen molar-refractivity contribution in [3.05, 3.63) is 77.2 Å². The molecule has 12 nitrogen and oxygen atoms in total. The molecular formula is C25H24N4O8S. The Bertz CT molecular complexity index is 1570. The van der Waals surface area contributed by atoms with Crippen molar-refractivity contribution in [2.45, 2.75) is 4.90 Å². The summed E-state index contributed by atoms with van der Waals surface area (Å²) in [4.78, 5) is 23.0. The largest absolute Gasteiger partial charge is 0.497 e. The SMILES string of the molecule is COc1ccc(S(=O)(=O)Nc2nc(-c3cc[nH]c(=O)c3)nc(OCCO)c2Oc2ccccc2OC)cc1. The first kappa shape index (κ1) is 26.4. The topological polar surface area (TPSA) is 162 Å². The minimum Gasteiger partial charge on any atom is -0.497 e. The van der Waals surface area contributed by atoms with E-state index in [1.807, 2.05) is 0 Å². The molecule has 2 heterocycles. The van der Waals surface area contributed by atoms with Crippen LogP contribution in [0.2, 0.25) is 0 Å². The average molecular weight is 541 g/mol. The van der Waals surface area contributed by atoms with Crippen molar-refractivity contribution in [1.82, 2.24) is 15.0 Å². The van der Waals surface area contributed by atoms with Crippen LogP contribution < -0.4 is 29.2 Å². The molecule has 0 unspecified atom stereocenters. The van der Waals surface area contributed by atoms with Crippen LogP contribution in [0.3, 0.4) is 0 Å². The lowest BCUT2D eigenvalue weighted by atomic mass is 10.2. The highest BCUT2D eigenvalue weighted by atomic mass is 32.2. The van der Waals surface area contributed by atoms with E-state index >= 15 is 0 Å². The smallest absolute Gasteiger partial charge is 0.263 e. The number of aliphatic hydroxyl groups excluding tert-OH is 1. The highest BCUT2D eigenvalue weighted by Crippen LogP contribution is 2.41. The Balaban J connectivity index is 1.89. The quantitative estimate of drug-likeness (QED) is 0.258. The standard InChI is InChI=1S/C25H24N4O8S/c1-34-17-7-9-18(10-8-17)38(32,33)29-24-22(37-20-6-4-3-5-19(20)35-2)25(36-14-13-30)28-23(27-24)16-11-12-26-21(31)15-16/h3-12,15,30H,13-14H2,1-2H3,(H,26,31)(H,27,28,29). The van der Waals surface area contributed by atoms with Gasteiger partial charge < -0.3 is 29.0 Å². The molecule has 0 bridgehead atoms. The molecule has 2 aromatic heterocycles. The fourth-order valence-electron chi connectivity index (χ4n) is 3.30. The summed E-state index contributed by atoms with van der Waals surface area (Å²) in [6.07, 6.45) is 1.40. The van der Waals surface area contributed by atoms with Gasteiger partial charge in [-0.25, -0.2) is 13.4 Å². The Hall–Kier alpha value is -4.62. The maximum atomic E-state index is 13.3. The van der Waals surface area contributed by atoms with Gasteiger partial charge in [0.1, 0.15) is 12.4 Å². The molecule has 0 amide bonds. The summed E-state index contributed by atoms with van der Waals surface area (Å²) in [7, 11) is -1.28. The van der Waals surface area contributed by atoms with Crippen molar-refractivity contribution in [2.24, 2.45) is 0 Å². The highest BCUT2D eigenvalue weighted by molar-refractivity contribution is 7.92. The number of rotatable bonds is 11. The van der Waals surface area contributed by atoms with Crippen LogP contribution in [-0.2, 0) is 10.0 Å². The predicted molar refractivity (Wildman–Crippen MR) is 138 cm³/mol. The molecule has 4 aromatic rings. The van der Waals surface area contributed by atoms with Gasteiger partial charge in [0.25, 0.3) is 15.9 Å². The number of nitrogens with zero attached hydrogens (tertiary/aromatic N) is 2. The zero-order valence-electron chi connectivity index (χ0n) is 20.4. The van der Waals surface area contributed by atoms with Gasteiger partial charge in [0, 0.05) is 17.8 Å². The van der Waals surface area contributed by atoms with E-state index in [0.717, 1.165) is 0 Å². The molecule has 0 radical (unpaired) electrons. The van der Waals surface area contributed by atoms with E-state index in [1.54, 1.807) is 24.3 Å². The van der Waals surface area contributed by atoms with Crippen molar-refractivity contribution in [3.8, 4) is 40.3 Å². The molecule has 0 saturated heterocycles.